The Morgan fingerprint density at radius 2 is 0.857 bits per heavy atom. The summed E-state index contributed by atoms with van der Waals surface area (Å²) < 4.78 is 2.02. The summed E-state index contributed by atoms with van der Waals surface area (Å²) in [7, 11) is 0. The molecule has 0 saturated carbocycles. The molecule has 0 aliphatic carbocycles. The van der Waals surface area contributed by atoms with Gasteiger partial charge in [0.2, 0.25) is 0 Å². The van der Waals surface area contributed by atoms with Gasteiger partial charge in [0, 0.05) is 23.8 Å². The fourth-order valence-electron chi connectivity index (χ4n) is 7.76. The molecule has 0 radical (unpaired) electrons. The fourth-order valence-corrected chi connectivity index (χ4v) is 7.76. The molecule has 4 aromatic heterocycles. The van der Waals surface area contributed by atoms with Crippen molar-refractivity contribution in [3.05, 3.63) is 219 Å². The molecule has 0 aliphatic rings. The van der Waals surface area contributed by atoms with Crippen molar-refractivity contribution in [2.45, 2.75) is 0 Å². The summed E-state index contributed by atoms with van der Waals surface area (Å²) in [5.41, 5.74) is 11.6. The molecular formula is C53H32N8PdPt. The van der Waals surface area contributed by atoms with Crippen LogP contribution in [-0.4, -0.2) is 29.7 Å². The molecule has 63 heavy (non-hydrogen) atoms. The van der Waals surface area contributed by atoms with E-state index in [9.17, 15) is 0 Å². The normalized spacial score (nSPS) is 10.9. The van der Waals surface area contributed by atoms with E-state index in [0.717, 1.165) is 84.0 Å². The molecule has 0 spiro atoms. The first-order chi connectivity index (χ1) is 30.2. The van der Waals surface area contributed by atoms with E-state index in [1.165, 1.54) is 0 Å². The van der Waals surface area contributed by atoms with Gasteiger partial charge in [-0.05, 0) is 71.3 Å². The van der Waals surface area contributed by atoms with Gasteiger partial charge in [-0.3, -0.25) is 0 Å². The van der Waals surface area contributed by atoms with E-state index in [2.05, 4.69) is 110 Å². The van der Waals surface area contributed by atoms with Crippen molar-refractivity contribution >= 4 is 67.0 Å². The van der Waals surface area contributed by atoms with Gasteiger partial charge in [-0.25, -0.2) is 4.98 Å². The summed E-state index contributed by atoms with van der Waals surface area (Å²) in [6, 6.07) is 75.8. The van der Waals surface area contributed by atoms with Gasteiger partial charge in [0.25, 0.3) is 5.95 Å². The van der Waals surface area contributed by atoms with Crippen molar-refractivity contribution in [3.63, 3.8) is 0 Å². The average Bonchev–Trinajstić information content (AvgIpc) is 3.66. The number of fused-ring (bicyclic) bond motifs is 4. The Labute approximate surface area is 392 Å². The molecule has 0 unspecified atom stereocenters. The Hall–Kier alpha value is -7.14. The van der Waals surface area contributed by atoms with Crippen LogP contribution in [0.3, 0.4) is 0 Å². The van der Waals surface area contributed by atoms with E-state index in [1.807, 2.05) is 126 Å². The van der Waals surface area contributed by atoms with E-state index in [0.29, 0.717) is 11.5 Å². The van der Waals surface area contributed by atoms with Crippen LogP contribution in [0, 0.1) is 24.3 Å². The third kappa shape index (κ3) is 7.95. The van der Waals surface area contributed by atoms with Gasteiger partial charge in [0.05, 0.1) is 5.52 Å². The minimum Gasteiger partial charge on any atom is -0.352 e. The van der Waals surface area contributed by atoms with Crippen LogP contribution in [0.5, 0.6) is 0 Å². The predicted molar refractivity (Wildman–Crippen MR) is 243 cm³/mol. The second-order valence-corrected chi connectivity index (χ2v) is 14.3. The van der Waals surface area contributed by atoms with Crippen LogP contribution in [-0.2, 0) is 41.5 Å². The number of rotatable bonds is 9. The van der Waals surface area contributed by atoms with Gasteiger partial charge in [0.1, 0.15) is 5.52 Å². The maximum absolute atomic E-state index is 5.09. The van der Waals surface area contributed by atoms with Gasteiger partial charge in [-0.15, -0.1) is 94.1 Å². The SMILES string of the molecule is [Pd+2].[Pt+2].[c-]1c(-c2ccccn2)cccc1N(c1[c-]c2c(cc1)c1ccc(N(c3[c-]c(-c4ccccn4)ccc3)c3ccccc3)[c-]c1n2-c1nnc2ccccc2n1)c1ccccc1. The van der Waals surface area contributed by atoms with E-state index in [4.69, 9.17) is 10.1 Å². The third-order valence-corrected chi connectivity index (χ3v) is 10.5. The summed E-state index contributed by atoms with van der Waals surface area (Å²) in [5.74, 6) is 0.408. The zero-order valence-electron chi connectivity index (χ0n) is 33.2. The third-order valence-electron chi connectivity index (χ3n) is 10.5. The molecular weight excluding hydrogens is 1050 g/mol. The molecule has 0 aliphatic heterocycles. The summed E-state index contributed by atoms with van der Waals surface area (Å²) in [6.07, 6.45) is 3.60. The summed E-state index contributed by atoms with van der Waals surface area (Å²) in [6.45, 7) is 0. The molecule has 304 valence electrons. The van der Waals surface area contributed by atoms with Crippen LogP contribution in [0.2, 0.25) is 0 Å². The van der Waals surface area contributed by atoms with Crippen molar-refractivity contribution in [2.24, 2.45) is 0 Å². The molecule has 0 atom stereocenters. The Morgan fingerprint density at radius 1 is 0.397 bits per heavy atom. The summed E-state index contributed by atoms with van der Waals surface area (Å²) in [4.78, 5) is 18.6. The van der Waals surface area contributed by atoms with Crippen LogP contribution < -0.4 is 9.80 Å². The first-order valence-electron chi connectivity index (χ1n) is 19.9. The zero-order chi connectivity index (χ0) is 40.5. The Bertz CT molecular complexity index is 3150. The Kier molecular flexibility index (Phi) is 11.8. The van der Waals surface area contributed by atoms with Crippen LogP contribution >= 0.6 is 0 Å². The number of hydrogen-bond acceptors (Lipinski definition) is 7. The number of benzene rings is 7. The molecule has 0 fully saturated rings. The minimum atomic E-state index is 0. The number of aromatic nitrogens is 6. The van der Waals surface area contributed by atoms with Crippen LogP contribution in [0.1, 0.15) is 0 Å². The van der Waals surface area contributed by atoms with E-state index < -0.39 is 0 Å². The fraction of sp³-hybridized carbons (Fsp3) is 0. The van der Waals surface area contributed by atoms with E-state index >= 15 is 0 Å². The van der Waals surface area contributed by atoms with E-state index in [-0.39, 0.29) is 41.5 Å². The minimum absolute atomic E-state index is 0. The van der Waals surface area contributed by atoms with Gasteiger partial charge in [-0.1, -0.05) is 95.2 Å². The van der Waals surface area contributed by atoms with Crippen molar-refractivity contribution in [2.75, 3.05) is 9.80 Å². The predicted octanol–water partition coefficient (Wildman–Crippen LogP) is 12.4. The van der Waals surface area contributed by atoms with Crippen LogP contribution in [0.4, 0.5) is 34.1 Å². The first kappa shape index (κ1) is 41.2. The number of anilines is 6. The van der Waals surface area contributed by atoms with Gasteiger partial charge < -0.3 is 24.3 Å². The molecule has 10 heteroatoms. The maximum atomic E-state index is 5.09. The Balaban J connectivity index is 0.00000252. The molecule has 8 nitrogen and oxygen atoms in total. The van der Waals surface area contributed by atoms with Gasteiger partial charge >= 0.3 is 41.5 Å². The van der Waals surface area contributed by atoms with Crippen LogP contribution in [0.15, 0.2) is 194 Å². The summed E-state index contributed by atoms with van der Waals surface area (Å²) >= 11 is 0. The molecule has 11 aromatic rings. The van der Waals surface area contributed by atoms with Crippen molar-refractivity contribution in [1.82, 2.24) is 29.7 Å². The first-order valence-corrected chi connectivity index (χ1v) is 19.9. The second-order valence-electron chi connectivity index (χ2n) is 14.3. The maximum Gasteiger partial charge on any atom is 2.00 e. The van der Waals surface area contributed by atoms with Crippen molar-refractivity contribution in [1.29, 1.82) is 0 Å². The van der Waals surface area contributed by atoms with Gasteiger partial charge in [-0.2, -0.15) is 22.9 Å². The molecule has 0 bridgehead atoms. The number of hydrogen-bond donors (Lipinski definition) is 0. The molecule has 11 rings (SSSR count). The van der Waals surface area contributed by atoms with E-state index in [1.54, 1.807) is 12.4 Å². The zero-order valence-corrected chi connectivity index (χ0v) is 37.0. The molecule has 7 aromatic carbocycles. The average molecular weight is 1080 g/mol. The number of para-hydroxylation sites is 3. The monoisotopic (exact) mass is 1080 g/mol. The van der Waals surface area contributed by atoms with Crippen LogP contribution in [0.25, 0.3) is 61.3 Å². The van der Waals surface area contributed by atoms with Gasteiger partial charge in [0.15, 0.2) is 0 Å². The largest absolute Gasteiger partial charge is 2.00 e. The Morgan fingerprint density at radius 3 is 1.35 bits per heavy atom. The van der Waals surface area contributed by atoms with Crippen molar-refractivity contribution < 1.29 is 41.5 Å². The smallest absolute Gasteiger partial charge is 0.352 e. The second kappa shape index (κ2) is 18.1. The molecule has 0 amide bonds. The molecule has 0 N–H and O–H groups in total. The topological polar surface area (TPSA) is 75.9 Å². The number of pyridine rings is 2. The molecule has 4 heterocycles. The summed E-state index contributed by atoms with van der Waals surface area (Å²) in [5, 5.41) is 11.3. The number of nitrogens with zero attached hydrogens (tertiary/aromatic N) is 8. The molecule has 0 saturated heterocycles. The van der Waals surface area contributed by atoms with Crippen molar-refractivity contribution in [3.8, 4) is 28.5 Å². The standard InChI is InChI=1S/C53H32N8.Pd.Pt/c1-3-17-39(18-4-1)59(41-21-13-15-37(33-41)47-23-9-11-31-54-47)43-27-29-45-46-30-28-44(36-52(46)61(51(45)35-43)53-56-49-25-7-8-26-50(49)57-58-53)60(40-19-5-2-6-20-40)42-22-14-16-38(34-42)48-24-10-12-32-55-48;;/h1-32H;;/q-4;2*+2. The quantitative estimate of drug-likeness (QED) is 0.105.